The van der Waals surface area contributed by atoms with Gasteiger partial charge in [0.1, 0.15) is 18.0 Å². The third-order valence-electron chi connectivity index (χ3n) is 4.36. The van der Waals surface area contributed by atoms with Gasteiger partial charge in [-0.15, -0.1) is 0 Å². The van der Waals surface area contributed by atoms with Crippen molar-refractivity contribution < 1.29 is 4.74 Å². The smallest absolute Gasteiger partial charge is 0.147 e. The van der Waals surface area contributed by atoms with Crippen molar-refractivity contribution in [2.75, 3.05) is 24.6 Å². The Bertz CT molecular complexity index is 902. The van der Waals surface area contributed by atoms with Gasteiger partial charge in [0.25, 0.3) is 0 Å². The fourth-order valence-corrected chi connectivity index (χ4v) is 3.14. The number of benzene rings is 2. The lowest BCUT2D eigenvalue weighted by Gasteiger charge is -2.34. The van der Waals surface area contributed by atoms with E-state index < -0.39 is 0 Å². The zero-order valence-corrected chi connectivity index (χ0v) is 13.2. The minimum atomic E-state index is -0.000219. The number of rotatable bonds is 2. The number of hydrogen-bond acceptors (Lipinski definition) is 4. The Kier molecular flexibility index (Phi) is 3.86. The molecule has 1 aliphatic heterocycles. The van der Waals surface area contributed by atoms with Gasteiger partial charge in [0.15, 0.2) is 0 Å². The number of aromatic nitrogens is 1. The Morgan fingerprint density at radius 1 is 1.08 bits per heavy atom. The Balaban J connectivity index is 1.70. The molecule has 0 radical (unpaired) electrons. The van der Waals surface area contributed by atoms with Crippen molar-refractivity contribution in [2.45, 2.75) is 6.10 Å². The molecule has 4 nitrogen and oxygen atoms in total. The monoisotopic (exact) mass is 315 g/mol. The highest BCUT2D eigenvalue weighted by Crippen LogP contribution is 2.28. The van der Waals surface area contributed by atoms with Gasteiger partial charge in [-0.2, -0.15) is 5.26 Å². The predicted molar refractivity (Wildman–Crippen MR) is 93.8 cm³/mol. The summed E-state index contributed by atoms with van der Waals surface area (Å²) < 4.78 is 5.92. The molecule has 0 spiro atoms. The summed E-state index contributed by atoms with van der Waals surface area (Å²) in [5.41, 5.74) is 2.68. The lowest BCUT2D eigenvalue weighted by Crippen LogP contribution is -2.39. The van der Waals surface area contributed by atoms with Crippen LogP contribution in [-0.4, -0.2) is 24.7 Å². The number of morpholine rings is 1. The summed E-state index contributed by atoms with van der Waals surface area (Å²) >= 11 is 0. The Morgan fingerprint density at radius 3 is 2.71 bits per heavy atom. The first-order valence-corrected chi connectivity index (χ1v) is 8.06. The largest absolute Gasteiger partial charge is 0.370 e. The molecule has 1 saturated heterocycles. The van der Waals surface area contributed by atoms with Gasteiger partial charge in [0.2, 0.25) is 0 Å². The van der Waals surface area contributed by atoms with Gasteiger partial charge < -0.3 is 9.64 Å². The summed E-state index contributed by atoms with van der Waals surface area (Å²) in [5, 5.41) is 10.5. The van der Waals surface area contributed by atoms with Crippen LogP contribution in [0, 0.1) is 11.3 Å². The minimum Gasteiger partial charge on any atom is -0.370 e. The van der Waals surface area contributed by atoms with Crippen LogP contribution in [0.15, 0.2) is 60.7 Å². The minimum absolute atomic E-state index is 0.000219. The molecule has 1 atom stereocenters. The maximum atomic E-state index is 9.54. The van der Waals surface area contributed by atoms with E-state index in [1.165, 1.54) is 0 Å². The molecule has 0 N–H and O–H groups in total. The summed E-state index contributed by atoms with van der Waals surface area (Å²) in [5.74, 6) is 0.750. The van der Waals surface area contributed by atoms with Crippen LogP contribution in [-0.2, 0) is 4.74 Å². The second-order valence-electron chi connectivity index (χ2n) is 5.88. The summed E-state index contributed by atoms with van der Waals surface area (Å²) in [6, 6.07) is 22.3. The fourth-order valence-electron chi connectivity index (χ4n) is 3.14. The van der Waals surface area contributed by atoms with E-state index in [-0.39, 0.29) is 6.10 Å². The van der Waals surface area contributed by atoms with Crippen molar-refractivity contribution >= 4 is 16.7 Å². The van der Waals surface area contributed by atoms with E-state index in [0.717, 1.165) is 28.8 Å². The highest BCUT2D eigenvalue weighted by atomic mass is 16.5. The molecule has 24 heavy (non-hydrogen) atoms. The molecule has 0 saturated carbocycles. The number of nitriles is 1. The molecule has 4 rings (SSSR count). The van der Waals surface area contributed by atoms with Crippen molar-refractivity contribution in [3.63, 3.8) is 0 Å². The first-order valence-electron chi connectivity index (χ1n) is 8.06. The first kappa shape index (κ1) is 14.7. The molecule has 2 aromatic carbocycles. The van der Waals surface area contributed by atoms with Crippen LogP contribution in [0.5, 0.6) is 0 Å². The maximum absolute atomic E-state index is 9.54. The SMILES string of the molecule is N#Cc1cc2ccccc2nc1N1CCO[C@@H](c2ccccc2)C1. The number of para-hydroxylation sites is 1. The van der Waals surface area contributed by atoms with E-state index in [0.29, 0.717) is 18.7 Å². The van der Waals surface area contributed by atoms with Crippen LogP contribution >= 0.6 is 0 Å². The standard InChI is InChI=1S/C20H17N3O/c21-13-17-12-16-8-4-5-9-18(16)22-20(17)23-10-11-24-19(14-23)15-6-2-1-3-7-15/h1-9,12,19H,10-11,14H2/t19-/m1/s1. The molecule has 4 heteroatoms. The number of pyridine rings is 1. The highest BCUT2D eigenvalue weighted by Gasteiger charge is 2.24. The van der Waals surface area contributed by atoms with Crippen molar-refractivity contribution in [1.82, 2.24) is 4.98 Å². The molecular formula is C20H17N3O. The van der Waals surface area contributed by atoms with Crippen LogP contribution in [0.2, 0.25) is 0 Å². The van der Waals surface area contributed by atoms with Gasteiger partial charge in [0.05, 0.1) is 17.7 Å². The lowest BCUT2D eigenvalue weighted by molar-refractivity contribution is 0.0395. The van der Waals surface area contributed by atoms with Gasteiger partial charge in [-0.3, -0.25) is 0 Å². The van der Waals surface area contributed by atoms with Gasteiger partial charge in [-0.1, -0.05) is 48.5 Å². The Morgan fingerprint density at radius 2 is 1.88 bits per heavy atom. The topological polar surface area (TPSA) is 49.2 Å². The zero-order valence-electron chi connectivity index (χ0n) is 13.2. The first-order chi connectivity index (χ1) is 11.8. The second kappa shape index (κ2) is 6.31. The van der Waals surface area contributed by atoms with Crippen molar-refractivity contribution in [3.05, 3.63) is 71.8 Å². The van der Waals surface area contributed by atoms with E-state index in [1.807, 2.05) is 48.5 Å². The number of fused-ring (bicyclic) bond motifs is 1. The van der Waals surface area contributed by atoms with Gasteiger partial charge in [-0.05, 0) is 17.7 Å². The van der Waals surface area contributed by atoms with Crippen molar-refractivity contribution in [2.24, 2.45) is 0 Å². The quantitative estimate of drug-likeness (QED) is 0.724. The summed E-state index contributed by atoms with van der Waals surface area (Å²) in [6.07, 6.45) is -0.000219. The maximum Gasteiger partial charge on any atom is 0.147 e. The predicted octanol–water partition coefficient (Wildman–Crippen LogP) is 3.68. The lowest BCUT2D eigenvalue weighted by atomic mass is 10.1. The normalized spacial score (nSPS) is 17.6. The van der Waals surface area contributed by atoms with E-state index in [2.05, 4.69) is 23.1 Å². The van der Waals surface area contributed by atoms with Crippen LogP contribution in [0.3, 0.4) is 0 Å². The summed E-state index contributed by atoms with van der Waals surface area (Å²) in [6.45, 7) is 2.06. The van der Waals surface area contributed by atoms with Crippen LogP contribution in [0.25, 0.3) is 10.9 Å². The second-order valence-corrected chi connectivity index (χ2v) is 5.88. The van der Waals surface area contributed by atoms with E-state index in [1.54, 1.807) is 0 Å². The summed E-state index contributed by atoms with van der Waals surface area (Å²) in [7, 11) is 0. The average Bonchev–Trinajstić information content (AvgIpc) is 2.67. The number of anilines is 1. The third kappa shape index (κ3) is 2.70. The van der Waals surface area contributed by atoms with Crippen molar-refractivity contribution in [3.8, 4) is 6.07 Å². The van der Waals surface area contributed by atoms with Crippen molar-refractivity contribution in [1.29, 1.82) is 5.26 Å². The van der Waals surface area contributed by atoms with Crippen LogP contribution < -0.4 is 4.90 Å². The van der Waals surface area contributed by atoms with E-state index >= 15 is 0 Å². The molecular weight excluding hydrogens is 298 g/mol. The fraction of sp³-hybridized carbons (Fsp3) is 0.200. The van der Waals surface area contributed by atoms with E-state index in [9.17, 15) is 5.26 Å². The molecule has 0 bridgehead atoms. The van der Waals surface area contributed by atoms with Crippen LogP contribution in [0.1, 0.15) is 17.2 Å². The Labute approximate surface area is 140 Å². The molecule has 0 aliphatic carbocycles. The van der Waals surface area contributed by atoms with Crippen LogP contribution in [0.4, 0.5) is 5.82 Å². The molecule has 0 amide bonds. The molecule has 1 aromatic heterocycles. The average molecular weight is 315 g/mol. The highest BCUT2D eigenvalue weighted by molar-refractivity contribution is 5.83. The number of ether oxygens (including phenoxy) is 1. The summed E-state index contributed by atoms with van der Waals surface area (Å²) in [4.78, 5) is 6.90. The molecule has 1 fully saturated rings. The number of nitrogens with zero attached hydrogens (tertiary/aromatic N) is 3. The Hall–Kier alpha value is -2.90. The van der Waals surface area contributed by atoms with Gasteiger partial charge in [-0.25, -0.2) is 4.98 Å². The molecule has 0 unspecified atom stereocenters. The molecule has 1 aliphatic rings. The molecule has 118 valence electrons. The zero-order chi connectivity index (χ0) is 16.4. The number of hydrogen-bond donors (Lipinski definition) is 0. The molecule has 2 heterocycles. The van der Waals surface area contributed by atoms with Gasteiger partial charge >= 0.3 is 0 Å². The van der Waals surface area contributed by atoms with E-state index in [4.69, 9.17) is 9.72 Å². The third-order valence-corrected chi connectivity index (χ3v) is 4.36. The molecule has 3 aromatic rings. The van der Waals surface area contributed by atoms with Gasteiger partial charge in [0, 0.05) is 18.5 Å².